The van der Waals surface area contributed by atoms with E-state index in [-0.39, 0.29) is 0 Å². The molecule has 0 spiro atoms. The summed E-state index contributed by atoms with van der Waals surface area (Å²) in [7, 11) is 2.15. The maximum absolute atomic E-state index is 5.92. The Labute approximate surface area is 96.8 Å². The van der Waals surface area contributed by atoms with Crippen molar-refractivity contribution in [1.29, 1.82) is 0 Å². The van der Waals surface area contributed by atoms with E-state index >= 15 is 0 Å². The topological polar surface area (TPSA) is 58.5 Å². The molecule has 0 radical (unpaired) electrons. The van der Waals surface area contributed by atoms with E-state index in [1.165, 1.54) is 0 Å². The van der Waals surface area contributed by atoms with Gasteiger partial charge in [-0.1, -0.05) is 0 Å². The van der Waals surface area contributed by atoms with Crippen LogP contribution >= 0.6 is 0 Å². The number of rotatable bonds is 3. The number of hydrogen-bond acceptors (Lipinski definition) is 4. The largest absolute Gasteiger partial charge is 0.399 e. The van der Waals surface area contributed by atoms with Gasteiger partial charge in [-0.3, -0.25) is 9.80 Å². The van der Waals surface area contributed by atoms with Crippen molar-refractivity contribution >= 4 is 11.4 Å². The molecule has 0 atom stereocenters. The van der Waals surface area contributed by atoms with E-state index in [2.05, 4.69) is 16.8 Å². The number of nitrogens with two attached hydrogens (primary N) is 2. The first-order chi connectivity index (χ1) is 7.65. The molecule has 88 valence electrons. The van der Waals surface area contributed by atoms with Crippen molar-refractivity contribution in [3.63, 3.8) is 0 Å². The van der Waals surface area contributed by atoms with E-state index in [0.29, 0.717) is 0 Å². The minimum atomic E-state index is 0.794. The van der Waals surface area contributed by atoms with Gasteiger partial charge in [-0.05, 0) is 37.2 Å². The van der Waals surface area contributed by atoms with Gasteiger partial charge in [0.25, 0.3) is 0 Å². The van der Waals surface area contributed by atoms with Crippen molar-refractivity contribution in [1.82, 2.24) is 9.80 Å². The maximum atomic E-state index is 5.92. The predicted octanol–water partition coefficient (Wildman–Crippen LogP) is 0.598. The van der Waals surface area contributed by atoms with Gasteiger partial charge in [-0.15, -0.1) is 0 Å². The van der Waals surface area contributed by atoms with Gasteiger partial charge in [0, 0.05) is 31.0 Å². The Morgan fingerprint density at radius 2 is 2.06 bits per heavy atom. The van der Waals surface area contributed by atoms with E-state index in [1.54, 1.807) is 0 Å². The van der Waals surface area contributed by atoms with Crippen LogP contribution in [0.5, 0.6) is 0 Å². The van der Waals surface area contributed by atoms with Crippen molar-refractivity contribution in [3.8, 4) is 0 Å². The van der Waals surface area contributed by atoms with E-state index in [9.17, 15) is 0 Å². The highest BCUT2D eigenvalue weighted by Crippen LogP contribution is 2.17. The SMILES string of the molecule is CN1CCN(CCc2cc(N)ccc2N)C1. The van der Waals surface area contributed by atoms with E-state index < -0.39 is 0 Å². The van der Waals surface area contributed by atoms with Gasteiger partial charge in [0.1, 0.15) is 0 Å². The summed E-state index contributed by atoms with van der Waals surface area (Å²) < 4.78 is 0. The maximum Gasteiger partial charge on any atom is 0.0504 e. The van der Waals surface area contributed by atoms with Crippen LogP contribution in [0.2, 0.25) is 0 Å². The van der Waals surface area contributed by atoms with Gasteiger partial charge < -0.3 is 11.5 Å². The molecule has 0 saturated carbocycles. The van der Waals surface area contributed by atoms with Crippen LogP contribution in [0.4, 0.5) is 11.4 Å². The molecule has 1 aromatic rings. The molecule has 16 heavy (non-hydrogen) atoms. The molecule has 1 aliphatic heterocycles. The minimum Gasteiger partial charge on any atom is -0.399 e. The summed E-state index contributed by atoms with van der Waals surface area (Å²) >= 11 is 0. The molecule has 0 amide bonds. The highest BCUT2D eigenvalue weighted by molar-refractivity contribution is 5.55. The number of nitrogens with zero attached hydrogens (tertiary/aromatic N) is 2. The van der Waals surface area contributed by atoms with Crippen LogP contribution in [0.1, 0.15) is 5.56 Å². The molecule has 2 rings (SSSR count). The minimum absolute atomic E-state index is 0.794. The summed E-state index contributed by atoms with van der Waals surface area (Å²) in [6.07, 6.45) is 0.977. The van der Waals surface area contributed by atoms with Crippen molar-refractivity contribution in [2.24, 2.45) is 0 Å². The molecule has 1 aromatic carbocycles. The quantitative estimate of drug-likeness (QED) is 0.732. The molecule has 0 aliphatic carbocycles. The summed E-state index contributed by atoms with van der Waals surface area (Å²) in [6, 6.07) is 5.72. The third-order valence-corrected chi connectivity index (χ3v) is 3.10. The zero-order valence-corrected chi connectivity index (χ0v) is 9.82. The molecule has 0 aromatic heterocycles. The molecule has 4 nitrogen and oxygen atoms in total. The molecule has 1 aliphatic rings. The van der Waals surface area contributed by atoms with E-state index in [0.717, 1.165) is 49.7 Å². The molecule has 4 heteroatoms. The lowest BCUT2D eigenvalue weighted by atomic mass is 10.1. The van der Waals surface area contributed by atoms with Crippen LogP contribution in [0.3, 0.4) is 0 Å². The van der Waals surface area contributed by atoms with Crippen molar-refractivity contribution in [2.75, 3.05) is 44.8 Å². The molecule has 0 bridgehead atoms. The summed E-state index contributed by atoms with van der Waals surface area (Å²) in [5.74, 6) is 0. The highest BCUT2D eigenvalue weighted by Gasteiger charge is 2.15. The van der Waals surface area contributed by atoms with Crippen LogP contribution in [0.25, 0.3) is 0 Å². The standard InChI is InChI=1S/C12H20N4/c1-15-6-7-16(9-15)5-4-10-8-11(13)2-3-12(10)14/h2-3,8H,4-7,9,13-14H2,1H3. The number of anilines is 2. The fraction of sp³-hybridized carbons (Fsp3) is 0.500. The van der Waals surface area contributed by atoms with Crippen molar-refractivity contribution in [3.05, 3.63) is 23.8 Å². The molecule has 4 N–H and O–H groups in total. The van der Waals surface area contributed by atoms with Gasteiger partial charge in [0.2, 0.25) is 0 Å². The van der Waals surface area contributed by atoms with Crippen LogP contribution in [-0.4, -0.2) is 43.2 Å². The Bertz CT molecular complexity index is 364. The average Bonchev–Trinajstić information content (AvgIpc) is 2.66. The van der Waals surface area contributed by atoms with Crippen LogP contribution < -0.4 is 11.5 Å². The lowest BCUT2D eigenvalue weighted by molar-refractivity contribution is 0.277. The zero-order valence-electron chi connectivity index (χ0n) is 9.82. The smallest absolute Gasteiger partial charge is 0.0504 e. The number of likely N-dealkylation sites (N-methyl/N-ethyl adjacent to an activating group) is 1. The summed E-state index contributed by atoms with van der Waals surface area (Å²) in [6.45, 7) is 4.42. The van der Waals surface area contributed by atoms with Gasteiger partial charge in [0.15, 0.2) is 0 Å². The van der Waals surface area contributed by atoms with Gasteiger partial charge in [0.05, 0.1) is 6.67 Å². The Kier molecular flexibility index (Phi) is 3.31. The van der Waals surface area contributed by atoms with Gasteiger partial charge >= 0.3 is 0 Å². The normalized spacial score (nSPS) is 18.1. The molecule has 0 unspecified atom stereocenters. The lowest BCUT2D eigenvalue weighted by Gasteiger charge is -2.16. The van der Waals surface area contributed by atoms with E-state index in [1.807, 2.05) is 18.2 Å². The first kappa shape index (κ1) is 11.2. The molecular weight excluding hydrogens is 200 g/mol. The second-order valence-electron chi connectivity index (χ2n) is 4.55. The molecule has 1 fully saturated rings. The molecular formula is C12H20N4. The van der Waals surface area contributed by atoms with Crippen LogP contribution in [-0.2, 0) is 6.42 Å². The zero-order chi connectivity index (χ0) is 11.5. The van der Waals surface area contributed by atoms with Crippen molar-refractivity contribution < 1.29 is 0 Å². The number of benzene rings is 1. The Morgan fingerprint density at radius 1 is 1.25 bits per heavy atom. The summed E-state index contributed by atoms with van der Waals surface area (Å²) in [5.41, 5.74) is 14.5. The molecule has 1 heterocycles. The Balaban J connectivity index is 1.91. The highest BCUT2D eigenvalue weighted by atomic mass is 15.4. The monoisotopic (exact) mass is 220 g/mol. The lowest BCUT2D eigenvalue weighted by Crippen LogP contribution is -2.25. The number of nitrogen functional groups attached to an aromatic ring is 2. The number of hydrogen-bond donors (Lipinski definition) is 2. The van der Waals surface area contributed by atoms with Crippen LogP contribution in [0, 0.1) is 0 Å². The third-order valence-electron chi connectivity index (χ3n) is 3.10. The fourth-order valence-corrected chi connectivity index (χ4v) is 2.10. The Morgan fingerprint density at radius 3 is 2.75 bits per heavy atom. The average molecular weight is 220 g/mol. The summed E-state index contributed by atoms with van der Waals surface area (Å²) in [4.78, 5) is 4.76. The Hall–Kier alpha value is -1.26. The third kappa shape index (κ3) is 2.65. The predicted molar refractivity (Wildman–Crippen MR) is 68.0 cm³/mol. The second kappa shape index (κ2) is 4.72. The molecule has 1 saturated heterocycles. The van der Waals surface area contributed by atoms with Gasteiger partial charge in [-0.2, -0.15) is 0 Å². The summed E-state index contributed by atoms with van der Waals surface area (Å²) in [5, 5.41) is 0. The van der Waals surface area contributed by atoms with E-state index in [4.69, 9.17) is 11.5 Å². The first-order valence-corrected chi connectivity index (χ1v) is 5.70. The van der Waals surface area contributed by atoms with Crippen molar-refractivity contribution in [2.45, 2.75) is 6.42 Å². The van der Waals surface area contributed by atoms with Crippen LogP contribution in [0.15, 0.2) is 18.2 Å². The van der Waals surface area contributed by atoms with Gasteiger partial charge in [-0.25, -0.2) is 0 Å². The fourth-order valence-electron chi connectivity index (χ4n) is 2.10. The second-order valence-corrected chi connectivity index (χ2v) is 4.55. The first-order valence-electron chi connectivity index (χ1n) is 5.70.